The van der Waals surface area contributed by atoms with E-state index in [0.717, 1.165) is 64.2 Å². The van der Waals surface area contributed by atoms with Gasteiger partial charge in [-0.15, -0.1) is 0 Å². The Hall–Kier alpha value is -2.11. The van der Waals surface area contributed by atoms with Crippen LogP contribution in [0.5, 0.6) is 0 Å². The van der Waals surface area contributed by atoms with E-state index in [2.05, 4.69) is 45.1 Å². The van der Waals surface area contributed by atoms with Crippen LogP contribution < -0.4 is 0 Å². The molecule has 0 aliphatic heterocycles. The molecule has 0 bridgehead atoms. The van der Waals surface area contributed by atoms with Gasteiger partial charge in [-0.2, -0.15) is 0 Å². The van der Waals surface area contributed by atoms with Crippen LogP contribution in [0.25, 0.3) is 0 Å². The standard InChI is InChI=1S/C54H100O6/c1-4-7-10-13-16-18-20-22-24-26-27-29-30-32-34-36-38-41-44-47-53(56)59-50-51(49-58-52(55)46-43-40-15-12-9-6-3)60-54(57)48-45-42-39-37-35-33-31-28-25-23-21-19-17-14-11-8-5-2/h16,18,22,24,51H,4-15,17,19-21,23,25-50H2,1-3H3/b18-16-,24-22-. The summed E-state index contributed by atoms with van der Waals surface area (Å²) in [7, 11) is 0. The highest BCUT2D eigenvalue weighted by atomic mass is 16.6. The molecule has 352 valence electrons. The van der Waals surface area contributed by atoms with Gasteiger partial charge in [-0.05, 0) is 51.4 Å². The highest BCUT2D eigenvalue weighted by Crippen LogP contribution is 2.16. The zero-order valence-electron chi connectivity index (χ0n) is 40.2. The second-order valence-corrected chi connectivity index (χ2v) is 17.8. The van der Waals surface area contributed by atoms with E-state index in [1.165, 1.54) is 180 Å². The maximum absolute atomic E-state index is 12.8. The first kappa shape index (κ1) is 57.9. The molecular formula is C54H100O6. The first-order chi connectivity index (χ1) is 29.5. The Balaban J connectivity index is 4.16. The minimum absolute atomic E-state index is 0.0692. The zero-order valence-corrected chi connectivity index (χ0v) is 40.2. The zero-order chi connectivity index (χ0) is 43.7. The van der Waals surface area contributed by atoms with E-state index in [-0.39, 0.29) is 31.1 Å². The first-order valence-corrected chi connectivity index (χ1v) is 26.3. The molecule has 0 aliphatic rings. The normalized spacial score (nSPS) is 12.1. The number of carbonyl (C=O) groups excluding carboxylic acids is 3. The van der Waals surface area contributed by atoms with Crippen molar-refractivity contribution in [2.45, 2.75) is 290 Å². The Kier molecular flexibility index (Phi) is 47.8. The second kappa shape index (κ2) is 49.5. The fourth-order valence-corrected chi connectivity index (χ4v) is 7.71. The van der Waals surface area contributed by atoms with E-state index in [4.69, 9.17) is 14.2 Å². The molecular weight excluding hydrogens is 745 g/mol. The van der Waals surface area contributed by atoms with Crippen molar-refractivity contribution in [2.75, 3.05) is 13.2 Å². The molecule has 0 saturated heterocycles. The summed E-state index contributed by atoms with van der Waals surface area (Å²) in [5, 5.41) is 0. The van der Waals surface area contributed by atoms with Crippen molar-refractivity contribution in [3.05, 3.63) is 24.3 Å². The number of allylic oxidation sites excluding steroid dienone is 4. The van der Waals surface area contributed by atoms with Crippen LogP contribution in [0.4, 0.5) is 0 Å². The van der Waals surface area contributed by atoms with E-state index < -0.39 is 6.10 Å². The molecule has 0 amide bonds. The van der Waals surface area contributed by atoms with Gasteiger partial charge in [0, 0.05) is 19.3 Å². The molecule has 1 unspecified atom stereocenters. The van der Waals surface area contributed by atoms with Crippen molar-refractivity contribution < 1.29 is 28.6 Å². The average molecular weight is 845 g/mol. The Morgan fingerprint density at radius 2 is 0.600 bits per heavy atom. The highest BCUT2D eigenvalue weighted by Gasteiger charge is 2.19. The van der Waals surface area contributed by atoms with Crippen molar-refractivity contribution in [3.63, 3.8) is 0 Å². The Bertz CT molecular complexity index is 973. The van der Waals surface area contributed by atoms with Gasteiger partial charge in [0.1, 0.15) is 13.2 Å². The van der Waals surface area contributed by atoms with Crippen LogP contribution >= 0.6 is 0 Å². The lowest BCUT2D eigenvalue weighted by molar-refractivity contribution is -0.167. The SMILES string of the molecule is CCCCC/C=C\C/C=C\CCCCCCCCCCCC(=O)OCC(COC(=O)CCCCCCCC)OC(=O)CCCCCCCCCCCCCCCCCCC. The molecule has 0 fully saturated rings. The molecule has 0 rings (SSSR count). The maximum Gasteiger partial charge on any atom is 0.306 e. The van der Waals surface area contributed by atoms with Crippen LogP contribution in [-0.4, -0.2) is 37.2 Å². The number of ether oxygens (including phenoxy) is 3. The Morgan fingerprint density at radius 3 is 0.950 bits per heavy atom. The molecule has 60 heavy (non-hydrogen) atoms. The van der Waals surface area contributed by atoms with Crippen molar-refractivity contribution in [2.24, 2.45) is 0 Å². The molecule has 1 atom stereocenters. The van der Waals surface area contributed by atoms with Crippen LogP contribution in [0, 0.1) is 0 Å². The lowest BCUT2D eigenvalue weighted by Gasteiger charge is -2.18. The fourth-order valence-electron chi connectivity index (χ4n) is 7.71. The van der Waals surface area contributed by atoms with Gasteiger partial charge in [-0.25, -0.2) is 0 Å². The number of hydrogen-bond donors (Lipinski definition) is 0. The number of unbranched alkanes of at least 4 members (excludes halogenated alkanes) is 33. The summed E-state index contributed by atoms with van der Waals surface area (Å²) in [5.74, 6) is -0.868. The molecule has 0 N–H and O–H groups in total. The summed E-state index contributed by atoms with van der Waals surface area (Å²) in [6.07, 6.45) is 56.1. The van der Waals surface area contributed by atoms with Crippen molar-refractivity contribution >= 4 is 17.9 Å². The molecule has 6 heteroatoms. The minimum Gasteiger partial charge on any atom is -0.462 e. The van der Waals surface area contributed by atoms with Crippen molar-refractivity contribution in [3.8, 4) is 0 Å². The molecule has 6 nitrogen and oxygen atoms in total. The first-order valence-electron chi connectivity index (χ1n) is 26.3. The van der Waals surface area contributed by atoms with Crippen LogP contribution in [-0.2, 0) is 28.6 Å². The molecule has 0 radical (unpaired) electrons. The molecule has 0 spiro atoms. The average Bonchev–Trinajstić information content (AvgIpc) is 3.24. The molecule has 0 saturated carbocycles. The minimum atomic E-state index is -0.765. The van der Waals surface area contributed by atoms with Gasteiger partial charge in [-0.1, -0.05) is 238 Å². The lowest BCUT2D eigenvalue weighted by atomic mass is 10.0. The third-order valence-electron chi connectivity index (χ3n) is 11.7. The maximum atomic E-state index is 12.8. The number of esters is 3. The summed E-state index contributed by atoms with van der Waals surface area (Å²) in [6.45, 7) is 6.58. The molecule has 0 heterocycles. The van der Waals surface area contributed by atoms with Gasteiger partial charge in [0.15, 0.2) is 6.10 Å². The van der Waals surface area contributed by atoms with Gasteiger partial charge in [0.05, 0.1) is 0 Å². The van der Waals surface area contributed by atoms with E-state index in [9.17, 15) is 14.4 Å². The molecule has 0 aromatic heterocycles. The number of rotatable bonds is 48. The second-order valence-electron chi connectivity index (χ2n) is 17.8. The summed E-state index contributed by atoms with van der Waals surface area (Å²) >= 11 is 0. The van der Waals surface area contributed by atoms with E-state index >= 15 is 0 Å². The molecule has 0 aromatic rings. The summed E-state index contributed by atoms with van der Waals surface area (Å²) < 4.78 is 16.7. The highest BCUT2D eigenvalue weighted by molar-refractivity contribution is 5.71. The number of carbonyl (C=O) groups is 3. The quantitative estimate of drug-likeness (QED) is 0.0263. The third-order valence-corrected chi connectivity index (χ3v) is 11.7. The van der Waals surface area contributed by atoms with Gasteiger partial charge in [0.25, 0.3) is 0 Å². The van der Waals surface area contributed by atoms with Crippen LogP contribution in [0.3, 0.4) is 0 Å². The van der Waals surface area contributed by atoms with E-state index in [1.807, 2.05) is 0 Å². The van der Waals surface area contributed by atoms with Gasteiger partial charge < -0.3 is 14.2 Å². The van der Waals surface area contributed by atoms with Crippen molar-refractivity contribution in [1.82, 2.24) is 0 Å². The summed E-state index contributed by atoms with van der Waals surface area (Å²) in [4.78, 5) is 37.8. The smallest absolute Gasteiger partial charge is 0.306 e. The van der Waals surface area contributed by atoms with Gasteiger partial charge >= 0.3 is 17.9 Å². The lowest BCUT2D eigenvalue weighted by Crippen LogP contribution is -2.30. The summed E-state index contributed by atoms with van der Waals surface area (Å²) in [6, 6.07) is 0. The number of hydrogen-bond acceptors (Lipinski definition) is 6. The van der Waals surface area contributed by atoms with Crippen LogP contribution in [0.1, 0.15) is 284 Å². The predicted octanol–water partition coefficient (Wildman–Crippen LogP) is 17.2. The Morgan fingerprint density at radius 1 is 0.333 bits per heavy atom. The molecule has 0 aliphatic carbocycles. The van der Waals surface area contributed by atoms with Gasteiger partial charge in [0.2, 0.25) is 0 Å². The predicted molar refractivity (Wildman–Crippen MR) is 256 cm³/mol. The van der Waals surface area contributed by atoms with Gasteiger partial charge in [-0.3, -0.25) is 14.4 Å². The monoisotopic (exact) mass is 845 g/mol. The van der Waals surface area contributed by atoms with E-state index in [1.54, 1.807) is 0 Å². The van der Waals surface area contributed by atoms with Crippen LogP contribution in [0.15, 0.2) is 24.3 Å². The topological polar surface area (TPSA) is 78.9 Å². The summed E-state index contributed by atoms with van der Waals surface area (Å²) in [5.41, 5.74) is 0. The molecule has 0 aromatic carbocycles. The third kappa shape index (κ3) is 46.9. The van der Waals surface area contributed by atoms with Crippen molar-refractivity contribution in [1.29, 1.82) is 0 Å². The Labute approximate surface area is 373 Å². The fraction of sp³-hybridized carbons (Fsp3) is 0.870. The largest absolute Gasteiger partial charge is 0.462 e. The van der Waals surface area contributed by atoms with E-state index in [0.29, 0.717) is 19.3 Å². The van der Waals surface area contributed by atoms with Crippen LogP contribution in [0.2, 0.25) is 0 Å².